The maximum atomic E-state index is 11.9. The summed E-state index contributed by atoms with van der Waals surface area (Å²) in [6.45, 7) is 0. The number of amides is 2. The van der Waals surface area contributed by atoms with Crippen LogP contribution in [0.4, 0.5) is 4.79 Å². The molecule has 2 rings (SSSR count). The van der Waals surface area contributed by atoms with E-state index < -0.39 is 6.04 Å². The van der Waals surface area contributed by atoms with Crippen molar-refractivity contribution in [1.29, 1.82) is 0 Å². The van der Waals surface area contributed by atoms with E-state index in [-0.39, 0.29) is 29.1 Å². The first-order chi connectivity index (χ1) is 9.10. The molecule has 2 aliphatic rings. The van der Waals surface area contributed by atoms with Crippen molar-refractivity contribution in [2.24, 2.45) is 5.92 Å². The molecule has 0 spiro atoms. The largest absolute Gasteiger partial charge is 0.469 e. The van der Waals surface area contributed by atoms with Crippen LogP contribution >= 0.6 is 11.8 Å². The van der Waals surface area contributed by atoms with Crippen LogP contribution in [0.1, 0.15) is 25.7 Å². The number of methoxy groups -OCH3 is 1. The Hall–Kier alpha value is -1.24. The lowest BCUT2D eigenvalue weighted by Gasteiger charge is -2.28. The number of hydrogen-bond acceptors (Lipinski definition) is 5. The molecule has 1 saturated carbocycles. The van der Waals surface area contributed by atoms with Gasteiger partial charge < -0.3 is 15.4 Å². The van der Waals surface area contributed by atoms with Gasteiger partial charge in [-0.05, 0) is 25.7 Å². The van der Waals surface area contributed by atoms with Crippen molar-refractivity contribution < 1.29 is 19.1 Å². The van der Waals surface area contributed by atoms with Gasteiger partial charge >= 0.3 is 5.97 Å². The molecule has 2 amide bonds. The third-order valence-corrected chi connectivity index (χ3v) is 4.48. The van der Waals surface area contributed by atoms with Crippen LogP contribution in [0, 0.1) is 5.92 Å². The van der Waals surface area contributed by atoms with Crippen molar-refractivity contribution in [1.82, 2.24) is 10.6 Å². The summed E-state index contributed by atoms with van der Waals surface area (Å²) in [5, 5.41) is 5.41. The zero-order valence-corrected chi connectivity index (χ0v) is 11.6. The number of thioether (sulfide) groups is 1. The zero-order chi connectivity index (χ0) is 13.8. The molecule has 0 radical (unpaired) electrons. The van der Waals surface area contributed by atoms with Gasteiger partial charge in [-0.3, -0.25) is 14.4 Å². The number of carbonyl (C=O) groups excluding carboxylic acids is 3. The minimum Gasteiger partial charge on any atom is -0.469 e. The van der Waals surface area contributed by atoms with Crippen LogP contribution in [0.2, 0.25) is 0 Å². The first-order valence-corrected chi connectivity index (χ1v) is 7.40. The molecule has 7 heteroatoms. The van der Waals surface area contributed by atoms with Crippen molar-refractivity contribution in [3.63, 3.8) is 0 Å². The number of esters is 1. The van der Waals surface area contributed by atoms with Gasteiger partial charge in [0.2, 0.25) is 5.91 Å². The second-order valence-corrected chi connectivity index (χ2v) is 5.87. The summed E-state index contributed by atoms with van der Waals surface area (Å²) in [6, 6.07) is -0.327. The summed E-state index contributed by atoms with van der Waals surface area (Å²) in [7, 11) is 1.40. The predicted molar refractivity (Wildman–Crippen MR) is 70.7 cm³/mol. The minimum atomic E-state index is -0.421. The lowest BCUT2D eigenvalue weighted by molar-refractivity contribution is -0.146. The smallest absolute Gasteiger partial charge is 0.308 e. The molecular weight excluding hydrogens is 268 g/mol. The molecule has 0 bridgehead atoms. The Bertz CT molecular complexity index is 380. The van der Waals surface area contributed by atoms with Crippen molar-refractivity contribution in [3.8, 4) is 0 Å². The standard InChI is InChI=1S/C12H18N2O4S/c1-18-11(16)7-2-4-8(5-3-7)13-10(15)9-6-19-12(17)14-9/h7-9H,2-6H2,1H3,(H,13,15)(H,14,17). The van der Waals surface area contributed by atoms with Crippen molar-refractivity contribution >= 4 is 28.9 Å². The highest BCUT2D eigenvalue weighted by atomic mass is 32.2. The second kappa shape index (κ2) is 6.27. The van der Waals surface area contributed by atoms with Crippen LogP contribution in [0.3, 0.4) is 0 Å². The van der Waals surface area contributed by atoms with Gasteiger partial charge in [0.05, 0.1) is 13.0 Å². The molecule has 1 atom stereocenters. The van der Waals surface area contributed by atoms with E-state index in [1.807, 2.05) is 0 Å². The van der Waals surface area contributed by atoms with Crippen LogP contribution < -0.4 is 10.6 Å². The Morgan fingerprint density at radius 3 is 2.53 bits per heavy atom. The SMILES string of the molecule is COC(=O)C1CCC(NC(=O)C2CSC(=O)N2)CC1. The van der Waals surface area contributed by atoms with E-state index in [0.29, 0.717) is 5.75 Å². The van der Waals surface area contributed by atoms with Crippen LogP contribution in [-0.4, -0.2) is 42.1 Å². The van der Waals surface area contributed by atoms with E-state index in [1.54, 1.807) is 0 Å². The van der Waals surface area contributed by atoms with E-state index in [9.17, 15) is 14.4 Å². The Morgan fingerprint density at radius 2 is 2.00 bits per heavy atom. The monoisotopic (exact) mass is 286 g/mol. The number of hydrogen-bond donors (Lipinski definition) is 2. The molecular formula is C12H18N2O4S. The highest BCUT2D eigenvalue weighted by Crippen LogP contribution is 2.25. The van der Waals surface area contributed by atoms with Crippen molar-refractivity contribution in [2.75, 3.05) is 12.9 Å². The van der Waals surface area contributed by atoms with E-state index in [4.69, 9.17) is 4.74 Å². The topological polar surface area (TPSA) is 84.5 Å². The summed E-state index contributed by atoms with van der Waals surface area (Å²) >= 11 is 1.13. The molecule has 2 N–H and O–H groups in total. The minimum absolute atomic E-state index is 0.0418. The molecule has 1 unspecified atom stereocenters. The lowest BCUT2D eigenvalue weighted by atomic mass is 9.86. The third-order valence-electron chi connectivity index (χ3n) is 3.60. The molecule has 1 heterocycles. The van der Waals surface area contributed by atoms with Gasteiger partial charge in [-0.1, -0.05) is 11.8 Å². The molecule has 6 nitrogen and oxygen atoms in total. The fraction of sp³-hybridized carbons (Fsp3) is 0.750. The molecule has 0 aromatic carbocycles. The predicted octanol–water partition coefficient (Wildman–Crippen LogP) is 0.659. The number of ether oxygens (including phenoxy) is 1. The fourth-order valence-corrected chi connectivity index (χ4v) is 3.25. The molecule has 0 aromatic heterocycles. The van der Waals surface area contributed by atoms with Gasteiger partial charge in [-0.15, -0.1) is 0 Å². The molecule has 1 aliphatic carbocycles. The van der Waals surface area contributed by atoms with E-state index in [0.717, 1.165) is 37.4 Å². The number of carbonyl (C=O) groups is 3. The summed E-state index contributed by atoms with van der Waals surface area (Å²) in [4.78, 5) is 34.3. The Morgan fingerprint density at radius 1 is 1.32 bits per heavy atom. The fourth-order valence-electron chi connectivity index (χ4n) is 2.47. The molecule has 0 aromatic rings. The normalized spacial score (nSPS) is 30.6. The summed E-state index contributed by atoms with van der Waals surface area (Å²) in [6.07, 6.45) is 3.03. The summed E-state index contributed by atoms with van der Waals surface area (Å²) in [5.41, 5.74) is 0. The van der Waals surface area contributed by atoms with Crippen LogP contribution in [-0.2, 0) is 14.3 Å². The average molecular weight is 286 g/mol. The summed E-state index contributed by atoms with van der Waals surface area (Å²) < 4.78 is 4.72. The van der Waals surface area contributed by atoms with Gasteiger partial charge in [0.15, 0.2) is 0 Å². The Balaban J connectivity index is 1.75. The van der Waals surface area contributed by atoms with E-state index in [2.05, 4.69) is 10.6 Å². The van der Waals surface area contributed by atoms with Gasteiger partial charge in [0, 0.05) is 11.8 Å². The lowest BCUT2D eigenvalue weighted by Crippen LogP contribution is -2.48. The third kappa shape index (κ3) is 3.62. The molecule has 106 valence electrons. The van der Waals surface area contributed by atoms with Crippen LogP contribution in [0.15, 0.2) is 0 Å². The van der Waals surface area contributed by atoms with Crippen molar-refractivity contribution in [3.05, 3.63) is 0 Å². The van der Waals surface area contributed by atoms with Gasteiger partial charge in [0.1, 0.15) is 6.04 Å². The average Bonchev–Trinajstić information content (AvgIpc) is 2.85. The zero-order valence-electron chi connectivity index (χ0n) is 10.8. The van der Waals surface area contributed by atoms with Crippen LogP contribution in [0.5, 0.6) is 0 Å². The Labute approximate surface area is 116 Å². The van der Waals surface area contributed by atoms with Crippen LogP contribution in [0.25, 0.3) is 0 Å². The van der Waals surface area contributed by atoms with E-state index >= 15 is 0 Å². The number of nitrogens with one attached hydrogen (secondary N) is 2. The van der Waals surface area contributed by atoms with Gasteiger partial charge in [-0.25, -0.2) is 0 Å². The van der Waals surface area contributed by atoms with Gasteiger partial charge in [-0.2, -0.15) is 0 Å². The second-order valence-electron chi connectivity index (χ2n) is 4.88. The summed E-state index contributed by atoms with van der Waals surface area (Å²) in [5.74, 6) is 0.159. The molecule has 1 aliphatic heterocycles. The first kappa shape index (κ1) is 14.2. The highest BCUT2D eigenvalue weighted by molar-refractivity contribution is 8.14. The molecule has 2 fully saturated rings. The maximum Gasteiger partial charge on any atom is 0.308 e. The Kier molecular flexibility index (Phi) is 4.68. The first-order valence-electron chi connectivity index (χ1n) is 6.41. The highest BCUT2D eigenvalue weighted by Gasteiger charge is 2.32. The molecule has 1 saturated heterocycles. The van der Waals surface area contributed by atoms with Gasteiger partial charge in [0.25, 0.3) is 5.24 Å². The maximum absolute atomic E-state index is 11.9. The van der Waals surface area contributed by atoms with Crippen molar-refractivity contribution in [2.45, 2.75) is 37.8 Å². The van der Waals surface area contributed by atoms with E-state index in [1.165, 1.54) is 7.11 Å². The quantitative estimate of drug-likeness (QED) is 0.745. The molecule has 19 heavy (non-hydrogen) atoms. The number of rotatable bonds is 3.